The molecule has 1 amide bonds. The molecule has 0 bridgehead atoms. The first-order chi connectivity index (χ1) is 14.5. The summed E-state index contributed by atoms with van der Waals surface area (Å²) in [6, 6.07) is 7.30. The lowest BCUT2D eigenvalue weighted by molar-refractivity contribution is 0.103. The second-order valence-corrected chi connectivity index (χ2v) is 7.46. The second kappa shape index (κ2) is 8.13. The molecule has 0 saturated carbocycles. The van der Waals surface area contributed by atoms with Gasteiger partial charge in [0.2, 0.25) is 5.88 Å². The highest BCUT2D eigenvalue weighted by Crippen LogP contribution is 2.35. The zero-order valence-electron chi connectivity index (χ0n) is 16.8. The van der Waals surface area contributed by atoms with E-state index in [9.17, 15) is 4.79 Å². The average Bonchev–Trinajstić information content (AvgIpc) is 3.31. The molecule has 0 aliphatic rings. The minimum absolute atomic E-state index is 0.239. The molecule has 1 N–H and O–H groups in total. The van der Waals surface area contributed by atoms with Crippen molar-refractivity contribution in [2.45, 2.75) is 20.5 Å². The van der Waals surface area contributed by atoms with Crippen LogP contribution < -0.4 is 10.1 Å². The van der Waals surface area contributed by atoms with Gasteiger partial charge in [-0.15, -0.1) is 16.4 Å². The topological polar surface area (TPSA) is 117 Å². The highest BCUT2D eigenvalue weighted by molar-refractivity contribution is 7.20. The van der Waals surface area contributed by atoms with Crippen molar-refractivity contribution < 1.29 is 14.3 Å². The Bertz CT molecular complexity index is 1230. The van der Waals surface area contributed by atoms with Crippen LogP contribution in [0.4, 0.5) is 5.69 Å². The first-order valence-corrected chi connectivity index (χ1v) is 9.83. The van der Waals surface area contributed by atoms with E-state index in [0.717, 1.165) is 16.6 Å². The molecule has 0 atom stereocenters. The van der Waals surface area contributed by atoms with Crippen molar-refractivity contribution in [1.82, 2.24) is 30.2 Å². The fraction of sp³-hybridized carbons (Fsp3) is 0.263. The van der Waals surface area contributed by atoms with E-state index >= 15 is 0 Å². The number of anilines is 1. The maximum absolute atomic E-state index is 13.0. The zero-order valence-corrected chi connectivity index (χ0v) is 17.6. The van der Waals surface area contributed by atoms with E-state index in [0.29, 0.717) is 32.9 Å². The van der Waals surface area contributed by atoms with Crippen molar-refractivity contribution in [3.8, 4) is 11.6 Å². The number of hydrogen-bond acceptors (Lipinski definition) is 9. The number of amides is 1. The van der Waals surface area contributed by atoms with Crippen LogP contribution in [0.5, 0.6) is 5.88 Å². The Morgan fingerprint density at radius 1 is 1.23 bits per heavy atom. The summed E-state index contributed by atoms with van der Waals surface area (Å²) in [6.07, 6.45) is 0. The Hall–Kier alpha value is -3.44. The number of aromatic nitrogens is 6. The molecule has 0 unspecified atom stereocenters. The summed E-state index contributed by atoms with van der Waals surface area (Å²) >= 11 is 1.29. The number of tetrazole rings is 1. The van der Waals surface area contributed by atoms with Gasteiger partial charge in [0.05, 0.1) is 23.1 Å². The van der Waals surface area contributed by atoms with Crippen LogP contribution in [0, 0.1) is 13.8 Å². The van der Waals surface area contributed by atoms with Crippen LogP contribution in [0.1, 0.15) is 26.9 Å². The SMILES string of the molecule is COCc1nc(OC)c2c(C)c(C(=O)Nc3cccc(-n4nnnc4C)c3)sc2n1. The molecular weight excluding hydrogens is 406 g/mol. The number of benzene rings is 1. The van der Waals surface area contributed by atoms with Gasteiger partial charge >= 0.3 is 0 Å². The van der Waals surface area contributed by atoms with Gasteiger partial charge < -0.3 is 14.8 Å². The molecular formula is C19H19N7O3S. The van der Waals surface area contributed by atoms with E-state index in [-0.39, 0.29) is 12.5 Å². The highest BCUT2D eigenvalue weighted by Gasteiger charge is 2.21. The number of fused-ring (bicyclic) bond motifs is 1. The van der Waals surface area contributed by atoms with Gasteiger partial charge in [-0.05, 0) is 48.0 Å². The third-order valence-electron chi connectivity index (χ3n) is 4.45. The number of carbonyl (C=O) groups is 1. The first-order valence-electron chi connectivity index (χ1n) is 9.01. The predicted octanol–water partition coefficient (Wildman–Crippen LogP) is 2.69. The normalized spacial score (nSPS) is 11.1. The van der Waals surface area contributed by atoms with Crippen LogP contribution in [-0.4, -0.2) is 50.3 Å². The lowest BCUT2D eigenvalue weighted by Crippen LogP contribution is -2.12. The Balaban J connectivity index is 1.67. The molecule has 0 radical (unpaired) electrons. The molecule has 0 aliphatic heterocycles. The van der Waals surface area contributed by atoms with Gasteiger partial charge in [-0.1, -0.05) is 6.07 Å². The van der Waals surface area contributed by atoms with Crippen LogP contribution in [0.25, 0.3) is 15.9 Å². The van der Waals surface area contributed by atoms with Gasteiger partial charge in [0.15, 0.2) is 11.6 Å². The second-order valence-electron chi connectivity index (χ2n) is 6.46. The van der Waals surface area contributed by atoms with E-state index in [4.69, 9.17) is 9.47 Å². The molecule has 10 nitrogen and oxygen atoms in total. The largest absolute Gasteiger partial charge is 0.480 e. The highest BCUT2D eigenvalue weighted by atomic mass is 32.1. The number of carbonyl (C=O) groups excluding carboxylic acids is 1. The Morgan fingerprint density at radius 2 is 2.07 bits per heavy atom. The van der Waals surface area contributed by atoms with Gasteiger partial charge in [0, 0.05) is 12.8 Å². The first kappa shape index (κ1) is 19.9. The Kier molecular flexibility index (Phi) is 5.38. The van der Waals surface area contributed by atoms with E-state index < -0.39 is 0 Å². The van der Waals surface area contributed by atoms with Gasteiger partial charge in [0.25, 0.3) is 5.91 Å². The molecule has 4 aromatic rings. The van der Waals surface area contributed by atoms with Gasteiger partial charge in [0.1, 0.15) is 11.4 Å². The van der Waals surface area contributed by atoms with Crippen LogP contribution in [-0.2, 0) is 11.3 Å². The van der Waals surface area contributed by atoms with Crippen LogP contribution >= 0.6 is 11.3 Å². The van der Waals surface area contributed by atoms with Gasteiger partial charge in [-0.2, -0.15) is 9.67 Å². The minimum atomic E-state index is -0.239. The number of aryl methyl sites for hydroxylation is 2. The molecule has 3 aromatic heterocycles. The number of nitrogens with zero attached hydrogens (tertiary/aromatic N) is 6. The van der Waals surface area contributed by atoms with Crippen molar-refractivity contribution in [2.75, 3.05) is 19.5 Å². The Labute approximate surface area is 175 Å². The smallest absolute Gasteiger partial charge is 0.266 e. The molecule has 4 rings (SSSR count). The molecule has 30 heavy (non-hydrogen) atoms. The number of nitrogens with one attached hydrogen (secondary N) is 1. The average molecular weight is 425 g/mol. The summed E-state index contributed by atoms with van der Waals surface area (Å²) in [5.41, 5.74) is 2.14. The fourth-order valence-electron chi connectivity index (χ4n) is 3.08. The molecule has 0 saturated heterocycles. The van der Waals surface area contributed by atoms with Gasteiger partial charge in [-0.3, -0.25) is 4.79 Å². The zero-order chi connectivity index (χ0) is 21.3. The summed E-state index contributed by atoms with van der Waals surface area (Å²) in [5, 5.41) is 15.2. The van der Waals surface area contributed by atoms with Crippen molar-refractivity contribution >= 4 is 33.1 Å². The molecule has 3 heterocycles. The number of thiophene rings is 1. The summed E-state index contributed by atoms with van der Waals surface area (Å²) < 4.78 is 12.1. The predicted molar refractivity (Wildman–Crippen MR) is 111 cm³/mol. The van der Waals surface area contributed by atoms with E-state index in [1.54, 1.807) is 38.0 Å². The molecule has 1 aromatic carbocycles. The monoisotopic (exact) mass is 425 g/mol. The van der Waals surface area contributed by atoms with E-state index in [1.807, 2.05) is 19.1 Å². The van der Waals surface area contributed by atoms with E-state index in [2.05, 4.69) is 30.8 Å². The summed E-state index contributed by atoms with van der Waals surface area (Å²) in [6.45, 7) is 3.92. The molecule has 0 aliphatic carbocycles. The van der Waals surface area contributed by atoms with Crippen molar-refractivity contribution in [2.24, 2.45) is 0 Å². The van der Waals surface area contributed by atoms with Gasteiger partial charge in [-0.25, -0.2) is 4.98 Å². The molecule has 0 spiro atoms. The molecule has 0 fully saturated rings. The third-order valence-corrected chi connectivity index (χ3v) is 5.63. The minimum Gasteiger partial charge on any atom is -0.480 e. The van der Waals surface area contributed by atoms with Crippen molar-refractivity contribution in [1.29, 1.82) is 0 Å². The number of hydrogen-bond donors (Lipinski definition) is 1. The summed E-state index contributed by atoms with van der Waals surface area (Å²) in [7, 11) is 3.12. The number of ether oxygens (including phenoxy) is 2. The van der Waals surface area contributed by atoms with E-state index in [1.165, 1.54) is 11.3 Å². The van der Waals surface area contributed by atoms with Crippen molar-refractivity contribution in [3.63, 3.8) is 0 Å². The molecule has 154 valence electrons. The maximum atomic E-state index is 13.0. The fourth-order valence-corrected chi connectivity index (χ4v) is 4.16. The lowest BCUT2D eigenvalue weighted by Gasteiger charge is -2.07. The quantitative estimate of drug-likeness (QED) is 0.501. The van der Waals surface area contributed by atoms with Crippen LogP contribution in [0.2, 0.25) is 0 Å². The number of rotatable bonds is 6. The maximum Gasteiger partial charge on any atom is 0.266 e. The van der Waals surface area contributed by atoms with Crippen LogP contribution in [0.15, 0.2) is 24.3 Å². The standard InChI is InChI=1S/C19H19N7O3S/c1-10-15-18(29-4)21-14(9-28-3)22-19(15)30-16(10)17(27)20-12-6-5-7-13(8-12)26-11(2)23-24-25-26/h5-8H,9H2,1-4H3,(H,20,27). The lowest BCUT2D eigenvalue weighted by atomic mass is 10.2. The number of methoxy groups -OCH3 is 2. The van der Waals surface area contributed by atoms with Crippen molar-refractivity contribution in [3.05, 3.63) is 46.4 Å². The molecule has 11 heteroatoms. The summed E-state index contributed by atoms with van der Waals surface area (Å²) in [4.78, 5) is 23.1. The third kappa shape index (κ3) is 3.60. The van der Waals surface area contributed by atoms with Crippen LogP contribution in [0.3, 0.4) is 0 Å². The summed E-state index contributed by atoms with van der Waals surface area (Å²) in [5.74, 6) is 1.34. The Morgan fingerprint density at radius 3 is 2.77 bits per heavy atom.